The molecule has 1 saturated heterocycles. The second-order valence-corrected chi connectivity index (χ2v) is 6.75. The average Bonchev–Trinajstić information content (AvgIpc) is 2.67. The number of methoxy groups -OCH3 is 1. The number of piperidine rings is 1. The van der Waals surface area contributed by atoms with Crippen LogP contribution in [0.15, 0.2) is 24.3 Å². The number of amides is 2. The Bertz CT molecular complexity index is 583. The van der Waals surface area contributed by atoms with Gasteiger partial charge in [0.15, 0.2) is 0 Å². The van der Waals surface area contributed by atoms with Crippen LogP contribution in [0.2, 0.25) is 0 Å². The lowest BCUT2D eigenvalue weighted by molar-refractivity contribution is -0.126. The van der Waals surface area contributed by atoms with Crippen LogP contribution < -0.4 is 15.4 Å². The molecule has 0 aromatic heterocycles. The van der Waals surface area contributed by atoms with Crippen molar-refractivity contribution in [2.75, 3.05) is 39.8 Å². The van der Waals surface area contributed by atoms with Crippen LogP contribution in [0.4, 0.5) is 0 Å². The van der Waals surface area contributed by atoms with E-state index in [1.165, 1.54) is 0 Å². The molecule has 1 heterocycles. The van der Waals surface area contributed by atoms with Gasteiger partial charge in [0.2, 0.25) is 11.8 Å². The number of benzene rings is 1. The van der Waals surface area contributed by atoms with E-state index < -0.39 is 0 Å². The molecule has 6 heteroatoms. The normalized spacial score (nSPS) is 15.5. The Labute approximate surface area is 156 Å². The molecule has 0 spiro atoms. The van der Waals surface area contributed by atoms with Crippen LogP contribution in [0.1, 0.15) is 31.7 Å². The van der Waals surface area contributed by atoms with Gasteiger partial charge in [-0.25, -0.2) is 0 Å². The zero-order chi connectivity index (χ0) is 18.8. The van der Waals surface area contributed by atoms with Crippen LogP contribution in [-0.2, 0) is 16.0 Å². The van der Waals surface area contributed by atoms with Gasteiger partial charge in [-0.2, -0.15) is 0 Å². The van der Waals surface area contributed by atoms with Crippen molar-refractivity contribution >= 4 is 11.8 Å². The first-order chi connectivity index (χ1) is 12.6. The number of likely N-dealkylation sites (tertiary alicyclic amines) is 1. The van der Waals surface area contributed by atoms with Gasteiger partial charge in [-0.3, -0.25) is 14.5 Å². The lowest BCUT2D eigenvalue weighted by Crippen LogP contribution is -2.44. The molecule has 0 bridgehead atoms. The minimum atomic E-state index is 0.0359. The molecule has 2 N–H and O–H groups in total. The van der Waals surface area contributed by atoms with Gasteiger partial charge >= 0.3 is 0 Å². The number of hydrogen-bond acceptors (Lipinski definition) is 4. The molecule has 6 nitrogen and oxygen atoms in total. The molecule has 1 aromatic carbocycles. The predicted octanol–water partition coefficient (Wildman–Crippen LogP) is 1.59. The molecule has 144 valence electrons. The fraction of sp³-hybridized carbons (Fsp3) is 0.600. The summed E-state index contributed by atoms with van der Waals surface area (Å²) in [4.78, 5) is 26.3. The van der Waals surface area contributed by atoms with Gasteiger partial charge in [-0.15, -0.1) is 0 Å². The Kier molecular flexibility index (Phi) is 8.41. The first-order valence-electron chi connectivity index (χ1n) is 9.52. The van der Waals surface area contributed by atoms with E-state index in [4.69, 9.17) is 4.74 Å². The Hall–Kier alpha value is -2.08. The summed E-state index contributed by atoms with van der Waals surface area (Å²) in [6.07, 6.45) is 3.35. The van der Waals surface area contributed by atoms with Crippen molar-refractivity contribution in [3.05, 3.63) is 29.8 Å². The van der Waals surface area contributed by atoms with Crippen LogP contribution in [0.3, 0.4) is 0 Å². The van der Waals surface area contributed by atoms with Crippen molar-refractivity contribution < 1.29 is 14.3 Å². The Morgan fingerprint density at radius 2 is 1.88 bits per heavy atom. The van der Waals surface area contributed by atoms with Crippen molar-refractivity contribution in [3.8, 4) is 5.75 Å². The Morgan fingerprint density at radius 3 is 2.58 bits per heavy atom. The van der Waals surface area contributed by atoms with Gasteiger partial charge in [0.25, 0.3) is 0 Å². The zero-order valence-electron chi connectivity index (χ0n) is 15.9. The monoisotopic (exact) mass is 361 g/mol. The summed E-state index contributed by atoms with van der Waals surface area (Å²) in [6, 6.07) is 7.85. The highest BCUT2D eigenvalue weighted by Crippen LogP contribution is 2.18. The smallest absolute Gasteiger partial charge is 0.234 e. The molecule has 0 radical (unpaired) electrons. The van der Waals surface area contributed by atoms with Crippen molar-refractivity contribution in [2.45, 2.75) is 32.6 Å². The summed E-state index contributed by atoms with van der Waals surface area (Å²) < 4.78 is 5.32. The summed E-state index contributed by atoms with van der Waals surface area (Å²) in [5.41, 5.74) is 1.09. The maximum atomic E-state index is 12.1. The van der Waals surface area contributed by atoms with Crippen molar-refractivity contribution in [1.82, 2.24) is 15.5 Å². The Morgan fingerprint density at radius 1 is 1.15 bits per heavy atom. The second-order valence-electron chi connectivity index (χ2n) is 6.75. The molecule has 0 aliphatic carbocycles. The topological polar surface area (TPSA) is 70.7 Å². The van der Waals surface area contributed by atoms with E-state index in [1.807, 2.05) is 24.3 Å². The summed E-state index contributed by atoms with van der Waals surface area (Å²) >= 11 is 0. The summed E-state index contributed by atoms with van der Waals surface area (Å²) in [7, 11) is 1.66. The number of para-hydroxylation sites is 1. The van der Waals surface area contributed by atoms with Gasteiger partial charge in [0, 0.05) is 19.0 Å². The number of nitrogens with one attached hydrogen (secondary N) is 2. The van der Waals surface area contributed by atoms with E-state index in [2.05, 4.69) is 22.5 Å². The van der Waals surface area contributed by atoms with Crippen molar-refractivity contribution in [2.24, 2.45) is 5.92 Å². The SMILES string of the molecule is CCCNC(=O)C1CCN(CC(=O)NCCc2ccccc2OC)CC1. The largest absolute Gasteiger partial charge is 0.496 e. The first-order valence-corrected chi connectivity index (χ1v) is 9.52. The number of rotatable bonds is 9. The highest BCUT2D eigenvalue weighted by molar-refractivity contribution is 5.79. The molecule has 1 aliphatic rings. The molecule has 0 saturated carbocycles. The van der Waals surface area contributed by atoms with Crippen LogP contribution in [0.5, 0.6) is 5.75 Å². The van der Waals surface area contributed by atoms with Gasteiger partial charge in [0.05, 0.1) is 13.7 Å². The molecule has 0 atom stereocenters. The number of carbonyl (C=O) groups is 2. The molecule has 26 heavy (non-hydrogen) atoms. The molecular weight excluding hydrogens is 330 g/mol. The molecular formula is C20H31N3O3. The third-order valence-electron chi connectivity index (χ3n) is 4.78. The second kappa shape index (κ2) is 10.8. The van der Waals surface area contributed by atoms with Crippen molar-refractivity contribution in [1.29, 1.82) is 0 Å². The van der Waals surface area contributed by atoms with Crippen LogP contribution in [0, 0.1) is 5.92 Å². The molecule has 1 aromatic rings. The van der Waals surface area contributed by atoms with E-state index >= 15 is 0 Å². The fourth-order valence-electron chi connectivity index (χ4n) is 3.25. The third-order valence-corrected chi connectivity index (χ3v) is 4.78. The standard InChI is InChI=1S/C20H31N3O3/c1-3-11-22-20(25)17-9-13-23(14-10-17)15-19(24)21-12-8-16-6-4-5-7-18(16)26-2/h4-7,17H,3,8-15H2,1-2H3,(H,21,24)(H,22,25). The number of nitrogens with zero attached hydrogens (tertiary/aromatic N) is 1. The summed E-state index contributed by atoms with van der Waals surface area (Å²) in [5, 5.41) is 5.94. The highest BCUT2D eigenvalue weighted by atomic mass is 16.5. The van der Waals surface area contributed by atoms with Crippen LogP contribution >= 0.6 is 0 Å². The molecule has 0 unspecified atom stereocenters. The minimum Gasteiger partial charge on any atom is -0.496 e. The van der Waals surface area contributed by atoms with E-state index in [9.17, 15) is 9.59 Å². The zero-order valence-corrected chi connectivity index (χ0v) is 15.9. The number of ether oxygens (including phenoxy) is 1. The molecule has 1 aliphatic heterocycles. The minimum absolute atomic E-state index is 0.0359. The predicted molar refractivity (Wildman–Crippen MR) is 102 cm³/mol. The van der Waals surface area contributed by atoms with Crippen LogP contribution in [0.25, 0.3) is 0 Å². The lowest BCUT2D eigenvalue weighted by atomic mass is 9.96. The van der Waals surface area contributed by atoms with Gasteiger partial charge in [-0.1, -0.05) is 25.1 Å². The first kappa shape index (κ1) is 20.2. The summed E-state index contributed by atoms with van der Waals surface area (Å²) in [6.45, 7) is 5.38. The van der Waals surface area contributed by atoms with Gasteiger partial charge in [-0.05, 0) is 50.4 Å². The van der Waals surface area contributed by atoms with Crippen LogP contribution in [-0.4, -0.2) is 56.5 Å². The van der Waals surface area contributed by atoms with Gasteiger partial charge in [0.1, 0.15) is 5.75 Å². The lowest BCUT2D eigenvalue weighted by Gasteiger charge is -2.30. The quantitative estimate of drug-likeness (QED) is 0.701. The maximum absolute atomic E-state index is 12.1. The summed E-state index contributed by atoms with van der Waals surface area (Å²) in [5.74, 6) is 1.14. The maximum Gasteiger partial charge on any atom is 0.234 e. The van der Waals surface area contributed by atoms with E-state index in [0.717, 1.165) is 56.6 Å². The van der Waals surface area contributed by atoms with E-state index in [-0.39, 0.29) is 17.7 Å². The van der Waals surface area contributed by atoms with Gasteiger partial charge < -0.3 is 15.4 Å². The molecule has 2 amide bonds. The van der Waals surface area contributed by atoms with E-state index in [0.29, 0.717) is 13.1 Å². The molecule has 2 rings (SSSR count). The number of carbonyl (C=O) groups excluding carboxylic acids is 2. The fourth-order valence-corrected chi connectivity index (χ4v) is 3.25. The highest BCUT2D eigenvalue weighted by Gasteiger charge is 2.25. The van der Waals surface area contributed by atoms with E-state index in [1.54, 1.807) is 7.11 Å². The number of hydrogen-bond donors (Lipinski definition) is 2. The van der Waals surface area contributed by atoms with Crippen molar-refractivity contribution in [3.63, 3.8) is 0 Å². The third kappa shape index (κ3) is 6.33. The Balaban J connectivity index is 1.65. The average molecular weight is 361 g/mol. The molecule has 1 fully saturated rings.